The first-order valence-corrected chi connectivity index (χ1v) is 6.39. The molecule has 0 bridgehead atoms. The van der Waals surface area contributed by atoms with Crippen LogP contribution in [0.25, 0.3) is 0 Å². The Morgan fingerprint density at radius 1 is 1.33 bits per heavy atom. The van der Waals surface area contributed by atoms with E-state index in [-0.39, 0.29) is 17.6 Å². The van der Waals surface area contributed by atoms with Crippen molar-refractivity contribution in [2.45, 2.75) is 31.9 Å². The zero-order valence-electron chi connectivity index (χ0n) is 10.7. The zero-order valence-corrected chi connectivity index (χ0v) is 10.7. The van der Waals surface area contributed by atoms with Crippen LogP contribution in [0.4, 0.5) is 0 Å². The van der Waals surface area contributed by atoms with E-state index in [0.717, 1.165) is 24.3 Å². The summed E-state index contributed by atoms with van der Waals surface area (Å²) in [4.78, 5) is 11.9. The van der Waals surface area contributed by atoms with Crippen molar-refractivity contribution < 1.29 is 9.53 Å². The van der Waals surface area contributed by atoms with Crippen molar-refractivity contribution in [1.29, 1.82) is 0 Å². The maximum atomic E-state index is 11.9. The van der Waals surface area contributed by atoms with Gasteiger partial charge in [0.25, 0.3) is 0 Å². The van der Waals surface area contributed by atoms with E-state index in [4.69, 9.17) is 4.74 Å². The highest BCUT2D eigenvalue weighted by atomic mass is 16.5. The Kier molecular flexibility index (Phi) is 2.55. The molecule has 0 aliphatic carbocycles. The van der Waals surface area contributed by atoms with Crippen molar-refractivity contribution in [2.24, 2.45) is 0 Å². The van der Waals surface area contributed by atoms with Gasteiger partial charge >= 0.3 is 0 Å². The third kappa shape index (κ3) is 1.86. The zero-order chi connectivity index (χ0) is 12.8. The van der Waals surface area contributed by atoms with Crippen LogP contribution >= 0.6 is 0 Å². The fraction of sp³-hybridized carbons (Fsp3) is 0.500. The molecule has 0 radical (unpaired) electrons. The van der Waals surface area contributed by atoms with Crippen molar-refractivity contribution in [1.82, 2.24) is 10.6 Å². The molecule has 0 saturated carbocycles. The molecule has 2 N–H and O–H groups in total. The van der Waals surface area contributed by atoms with Crippen LogP contribution in [0.15, 0.2) is 18.2 Å². The van der Waals surface area contributed by atoms with Gasteiger partial charge in [-0.15, -0.1) is 0 Å². The molecule has 1 amide bonds. The third-order valence-electron chi connectivity index (χ3n) is 3.47. The number of para-hydroxylation sites is 1. The lowest BCUT2D eigenvalue weighted by molar-refractivity contribution is -0.124. The van der Waals surface area contributed by atoms with Gasteiger partial charge < -0.3 is 15.4 Å². The number of piperazine rings is 1. The fourth-order valence-corrected chi connectivity index (χ4v) is 2.71. The van der Waals surface area contributed by atoms with Gasteiger partial charge in [0, 0.05) is 25.1 Å². The van der Waals surface area contributed by atoms with Gasteiger partial charge in [-0.25, -0.2) is 0 Å². The second-order valence-electron chi connectivity index (χ2n) is 5.55. The second kappa shape index (κ2) is 3.99. The molecule has 0 aromatic heterocycles. The van der Waals surface area contributed by atoms with Crippen LogP contribution < -0.4 is 15.4 Å². The summed E-state index contributed by atoms with van der Waals surface area (Å²) in [5.74, 6) is 0.917. The Morgan fingerprint density at radius 3 is 2.94 bits per heavy atom. The molecule has 18 heavy (non-hydrogen) atoms. The summed E-state index contributed by atoms with van der Waals surface area (Å²) < 4.78 is 6.01. The number of hydrogen-bond donors (Lipinski definition) is 2. The lowest BCUT2D eigenvalue weighted by Crippen LogP contribution is -2.47. The quantitative estimate of drug-likeness (QED) is 0.782. The fourth-order valence-electron chi connectivity index (χ4n) is 2.71. The normalized spacial score (nSPS) is 25.2. The summed E-state index contributed by atoms with van der Waals surface area (Å²) in [6.45, 7) is 5.64. The van der Waals surface area contributed by atoms with Gasteiger partial charge in [0.2, 0.25) is 5.91 Å². The van der Waals surface area contributed by atoms with Crippen molar-refractivity contribution in [3.8, 4) is 5.75 Å². The number of carbonyl (C=O) groups excluding carboxylic acids is 1. The summed E-state index contributed by atoms with van der Waals surface area (Å²) in [5, 5.41) is 6.14. The minimum atomic E-state index is -0.289. The van der Waals surface area contributed by atoms with Crippen LogP contribution in [0.1, 0.15) is 31.0 Å². The van der Waals surface area contributed by atoms with E-state index in [9.17, 15) is 4.79 Å². The Labute approximate surface area is 107 Å². The Bertz CT molecular complexity index is 497. The number of hydrogen-bond acceptors (Lipinski definition) is 3. The van der Waals surface area contributed by atoms with Crippen LogP contribution in [-0.2, 0) is 11.2 Å². The molecule has 4 nitrogen and oxygen atoms in total. The van der Waals surface area contributed by atoms with Crippen molar-refractivity contribution in [3.05, 3.63) is 29.3 Å². The maximum absolute atomic E-state index is 11.9. The minimum absolute atomic E-state index is 0.0305. The van der Waals surface area contributed by atoms with E-state index in [1.54, 1.807) is 0 Å². The molecule has 1 aromatic rings. The number of nitrogens with one attached hydrogen (secondary N) is 2. The van der Waals surface area contributed by atoms with Crippen LogP contribution in [0, 0.1) is 0 Å². The van der Waals surface area contributed by atoms with Gasteiger partial charge in [-0.1, -0.05) is 18.2 Å². The molecule has 1 saturated heterocycles. The standard InChI is InChI=1S/C14H18N2O2/c1-14(2)8-9-4-3-5-10(12(9)18-14)11-13(17)16-7-6-15-11/h3-5,11,15H,6-8H2,1-2H3,(H,16,17). The average molecular weight is 246 g/mol. The molecule has 1 fully saturated rings. The summed E-state index contributed by atoms with van der Waals surface area (Å²) in [7, 11) is 0. The topological polar surface area (TPSA) is 50.4 Å². The Balaban J connectivity index is 1.99. The lowest BCUT2D eigenvalue weighted by Gasteiger charge is -2.26. The lowest BCUT2D eigenvalue weighted by atomic mass is 9.97. The van der Waals surface area contributed by atoms with E-state index < -0.39 is 0 Å². The van der Waals surface area contributed by atoms with E-state index in [0.29, 0.717) is 6.54 Å². The first-order chi connectivity index (χ1) is 8.57. The maximum Gasteiger partial charge on any atom is 0.241 e. The number of fused-ring (bicyclic) bond motifs is 1. The number of rotatable bonds is 1. The van der Waals surface area contributed by atoms with Crippen molar-refractivity contribution in [3.63, 3.8) is 0 Å². The largest absolute Gasteiger partial charge is 0.487 e. The first-order valence-electron chi connectivity index (χ1n) is 6.39. The van der Waals surface area contributed by atoms with Gasteiger partial charge in [-0.3, -0.25) is 4.79 Å². The third-order valence-corrected chi connectivity index (χ3v) is 3.47. The van der Waals surface area contributed by atoms with Crippen molar-refractivity contribution >= 4 is 5.91 Å². The molecule has 1 atom stereocenters. The predicted molar refractivity (Wildman–Crippen MR) is 68.6 cm³/mol. The predicted octanol–water partition coefficient (Wildman–Crippen LogP) is 1.16. The molecular formula is C14H18N2O2. The van der Waals surface area contributed by atoms with Gasteiger partial charge in [0.05, 0.1) is 0 Å². The van der Waals surface area contributed by atoms with Gasteiger partial charge in [0.1, 0.15) is 17.4 Å². The molecule has 3 rings (SSSR count). The van der Waals surface area contributed by atoms with E-state index in [1.807, 2.05) is 12.1 Å². The molecule has 0 spiro atoms. The number of benzene rings is 1. The molecule has 2 aliphatic rings. The van der Waals surface area contributed by atoms with Crippen LogP contribution in [0.5, 0.6) is 5.75 Å². The summed E-state index contributed by atoms with van der Waals surface area (Å²) in [6.07, 6.45) is 0.893. The van der Waals surface area contributed by atoms with E-state index in [2.05, 4.69) is 30.5 Å². The molecule has 2 aliphatic heterocycles. The van der Waals surface area contributed by atoms with Gasteiger partial charge in [-0.2, -0.15) is 0 Å². The highest BCUT2D eigenvalue weighted by Gasteiger charge is 2.35. The highest BCUT2D eigenvalue weighted by molar-refractivity contribution is 5.85. The average Bonchev–Trinajstić information content (AvgIpc) is 2.63. The van der Waals surface area contributed by atoms with Gasteiger partial charge in [0.15, 0.2) is 0 Å². The highest BCUT2D eigenvalue weighted by Crippen LogP contribution is 2.40. The van der Waals surface area contributed by atoms with E-state index in [1.165, 1.54) is 5.56 Å². The molecule has 4 heteroatoms. The number of ether oxygens (including phenoxy) is 1. The molecule has 2 heterocycles. The van der Waals surface area contributed by atoms with Crippen LogP contribution in [-0.4, -0.2) is 24.6 Å². The van der Waals surface area contributed by atoms with Crippen LogP contribution in [0.2, 0.25) is 0 Å². The Hall–Kier alpha value is -1.55. The summed E-state index contributed by atoms with van der Waals surface area (Å²) >= 11 is 0. The molecular weight excluding hydrogens is 228 g/mol. The smallest absolute Gasteiger partial charge is 0.241 e. The first kappa shape index (κ1) is 11.5. The minimum Gasteiger partial charge on any atom is -0.487 e. The summed E-state index contributed by atoms with van der Waals surface area (Å²) in [5.41, 5.74) is 1.97. The second-order valence-corrected chi connectivity index (χ2v) is 5.55. The number of carbonyl (C=O) groups is 1. The van der Waals surface area contributed by atoms with Gasteiger partial charge in [-0.05, 0) is 19.4 Å². The van der Waals surface area contributed by atoms with Crippen LogP contribution in [0.3, 0.4) is 0 Å². The molecule has 96 valence electrons. The monoisotopic (exact) mass is 246 g/mol. The van der Waals surface area contributed by atoms with Crippen molar-refractivity contribution in [2.75, 3.05) is 13.1 Å². The SMILES string of the molecule is CC1(C)Cc2cccc(C3NCCNC3=O)c2O1. The molecule has 1 aromatic carbocycles. The van der Waals surface area contributed by atoms with E-state index >= 15 is 0 Å². The Morgan fingerprint density at radius 2 is 2.17 bits per heavy atom. The number of amides is 1. The summed E-state index contributed by atoms with van der Waals surface area (Å²) in [6, 6.07) is 5.77. The molecule has 1 unspecified atom stereocenters.